The highest BCUT2D eigenvalue weighted by atomic mass is 19.1. The Kier molecular flexibility index (Phi) is 8.12. The van der Waals surface area contributed by atoms with Crippen molar-refractivity contribution in [1.82, 2.24) is 4.90 Å². The molecule has 0 amide bonds. The normalized spacial score (nSPS) is 20.3. The maximum absolute atomic E-state index is 13.4. The first-order valence-electron chi connectivity index (χ1n) is 12.3. The second-order valence-corrected chi connectivity index (χ2v) is 9.41. The summed E-state index contributed by atoms with van der Waals surface area (Å²) >= 11 is 0. The van der Waals surface area contributed by atoms with Gasteiger partial charge in [-0.25, -0.2) is 4.39 Å². The third kappa shape index (κ3) is 6.12. The van der Waals surface area contributed by atoms with Gasteiger partial charge in [0.05, 0.1) is 12.0 Å². The monoisotopic (exact) mass is 459 g/mol. The highest BCUT2D eigenvalue weighted by Gasteiger charge is 2.44. The van der Waals surface area contributed by atoms with E-state index in [4.69, 9.17) is 4.74 Å². The van der Waals surface area contributed by atoms with Crippen LogP contribution in [0.5, 0.6) is 0 Å². The number of esters is 1. The second kappa shape index (κ2) is 11.4. The van der Waals surface area contributed by atoms with Gasteiger partial charge in [0.15, 0.2) is 0 Å². The van der Waals surface area contributed by atoms with Crippen molar-refractivity contribution >= 4 is 5.97 Å². The van der Waals surface area contributed by atoms with Gasteiger partial charge < -0.3 is 4.74 Å². The van der Waals surface area contributed by atoms with Gasteiger partial charge in [0.2, 0.25) is 0 Å². The molecule has 0 aromatic heterocycles. The molecule has 0 heterocycles. The summed E-state index contributed by atoms with van der Waals surface area (Å²) in [5.74, 6) is -0.370. The lowest BCUT2D eigenvalue weighted by molar-refractivity contribution is -0.158. The predicted molar refractivity (Wildman–Crippen MR) is 134 cm³/mol. The van der Waals surface area contributed by atoms with Crippen LogP contribution in [0, 0.1) is 11.2 Å². The molecule has 1 aliphatic carbocycles. The molecule has 0 spiro atoms. The summed E-state index contributed by atoms with van der Waals surface area (Å²) in [6, 6.07) is 28.1. The minimum atomic E-state index is -0.546. The van der Waals surface area contributed by atoms with Gasteiger partial charge in [0.1, 0.15) is 5.82 Å². The van der Waals surface area contributed by atoms with E-state index >= 15 is 0 Å². The van der Waals surface area contributed by atoms with Crippen LogP contribution in [0.2, 0.25) is 0 Å². The number of halogens is 1. The van der Waals surface area contributed by atoms with Gasteiger partial charge in [-0.2, -0.15) is 0 Å². The summed E-state index contributed by atoms with van der Waals surface area (Å²) in [6.45, 7) is 3.99. The van der Waals surface area contributed by atoms with Crippen molar-refractivity contribution < 1.29 is 13.9 Å². The molecular formula is C30H34FNO2. The molecule has 1 aliphatic rings. The van der Waals surface area contributed by atoms with Gasteiger partial charge in [0.25, 0.3) is 0 Å². The molecule has 1 saturated carbocycles. The molecule has 0 atom stereocenters. The smallest absolute Gasteiger partial charge is 0.312 e. The zero-order valence-corrected chi connectivity index (χ0v) is 20.0. The Labute approximate surface area is 202 Å². The first kappa shape index (κ1) is 24.2. The molecule has 0 aliphatic heterocycles. The molecule has 0 N–H and O–H groups in total. The Morgan fingerprint density at radius 3 is 1.88 bits per heavy atom. The Bertz CT molecular complexity index is 987. The number of ether oxygens (including phenoxy) is 1. The maximum Gasteiger partial charge on any atom is 0.312 e. The third-order valence-electron chi connectivity index (χ3n) is 7.05. The average Bonchev–Trinajstić information content (AvgIpc) is 2.87. The van der Waals surface area contributed by atoms with Crippen LogP contribution in [0.15, 0.2) is 84.9 Å². The minimum absolute atomic E-state index is 0.115. The van der Waals surface area contributed by atoms with E-state index in [1.54, 1.807) is 12.1 Å². The van der Waals surface area contributed by atoms with Crippen LogP contribution in [0.1, 0.15) is 49.3 Å². The van der Waals surface area contributed by atoms with Gasteiger partial charge in [-0.15, -0.1) is 0 Å². The molecule has 0 unspecified atom stereocenters. The van der Waals surface area contributed by atoms with Gasteiger partial charge in [-0.1, -0.05) is 72.8 Å². The summed E-state index contributed by atoms with van der Waals surface area (Å²) in [5.41, 5.74) is 3.03. The van der Waals surface area contributed by atoms with Crippen LogP contribution >= 0.6 is 0 Å². The van der Waals surface area contributed by atoms with Crippen LogP contribution in [0.4, 0.5) is 4.39 Å². The van der Waals surface area contributed by atoms with E-state index in [-0.39, 0.29) is 11.8 Å². The summed E-state index contributed by atoms with van der Waals surface area (Å²) in [4.78, 5) is 15.7. The number of hydrogen-bond donors (Lipinski definition) is 0. The SMILES string of the molecule is CCOC(=O)C1(Cc2ccc(F)cc2)CCC(N(Cc2ccccc2)Cc2ccccc2)CC1. The first-order chi connectivity index (χ1) is 16.6. The maximum atomic E-state index is 13.4. The van der Waals surface area contributed by atoms with Crippen molar-refractivity contribution in [1.29, 1.82) is 0 Å². The van der Waals surface area contributed by atoms with Crippen LogP contribution in [-0.4, -0.2) is 23.5 Å². The van der Waals surface area contributed by atoms with Crippen LogP contribution < -0.4 is 0 Å². The van der Waals surface area contributed by atoms with Gasteiger partial charge in [0, 0.05) is 19.1 Å². The number of carbonyl (C=O) groups is 1. The summed E-state index contributed by atoms with van der Waals surface area (Å²) in [7, 11) is 0. The lowest BCUT2D eigenvalue weighted by Gasteiger charge is -2.42. The zero-order valence-electron chi connectivity index (χ0n) is 20.0. The van der Waals surface area contributed by atoms with Crippen molar-refractivity contribution in [3.8, 4) is 0 Å². The van der Waals surface area contributed by atoms with Crippen LogP contribution in [-0.2, 0) is 29.0 Å². The number of carbonyl (C=O) groups excluding carboxylic acids is 1. The minimum Gasteiger partial charge on any atom is -0.466 e. The molecule has 4 heteroatoms. The van der Waals surface area contributed by atoms with Crippen LogP contribution in [0.25, 0.3) is 0 Å². The van der Waals surface area contributed by atoms with E-state index in [2.05, 4.69) is 65.6 Å². The molecule has 178 valence electrons. The number of benzene rings is 3. The quantitative estimate of drug-likeness (QED) is 0.339. The second-order valence-electron chi connectivity index (χ2n) is 9.41. The molecule has 0 radical (unpaired) electrons. The van der Waals surface area contributed by atoms with Crippen molar-refractivity contribution in [3.05, 3.63) is 107 Å². The summed E-state index contributed by atoms with van der Waals surface area (Å²) in [5, 5.41) is 0. The molecule has 4 rings (SSSR count). The molecule has 0 saturated heterocycles. The number of rotatable bonds is 9. The fourth-order valence-electron chi connectivity index (χ4n) is 5.20. The standard InChI is InChI=1S/C30H34FNO2/c1-2-34-29(33)30(21-24-13-15-27(31)16-14-24)19-17-28(18-20-30)32(22-25-9-5-3-6-10-25)23-26-11-7-4-8-12-26/h3-16,28H,2,17-23H2,1H3. The van der Waals surface area contributed by atoms with E-state index < -0.39 is 5.41 Å². The average molecular weight is 460 g/mol. The van der Waals surface area contributed by atoms with E-state index in [0.29, 0.717) is 19.1 Å². The Morgan fingerprint density at radius 2 is 1.38 bits per heavy atom. The van der Waals surface area contributed by atoms with E-state index in [1.165, 1.54) is 23.3 Å². The summed E-state index contributed by atoms with van der Waals surface area (Å²) in [6.07, 6.45) is 4.00. The lowest BCUT2D eigenvalue weighted by Crippen LogP contribution is -2.45. The topological polar surface area (TPSA) is 29.5 Å². The molecule has 1 fully saturated rings. The van der Waals surface area contributed by atoms with Gasteiger partial charge >= 0.3 is 5.97 Å². The van der Waals surface area contributed by atoms with Crippen molar-refractivity contribution in [3.63, 3.8) is 0 Å². The van der Waals surface area contributed by atoms with Gasteiger partial charge in [-0.3, -0.25) is 9.69 Å². The fraction of sp³-hybridized carbons (Fsp3) is 0.367. The molecule has 34 heavy (non-hydrogen) atoms. The molecular weight excluding hydrogens is 425 g/mol. The summed E-state index contributed by atoms with van der Waals surface area (Å²) < 4.78 is 19.0. The largest absolute Gasteiger partial charge is 0.466 e. The van der Waals surface area contributed by atoms with E-state index in [1.807, 2.05) is 6.92 Å². The highest BCUT2D eigenvalue weighted by Crippen LogP contribution is 2.42. The molecule has 3 nitrogen and oxygen atoms in total. The van der Waals surface area contributed by atoms with Crippen molar-refractivity contribution in [2.24, 2.45) is 5.41 Å². The molecule has 3 aromatic carbocycles. The van der Waals surface area contributed by atoms with Crippen molar-refractivity contribution in [2.45, 2.75) is 58.2 Å². The zero-order chi connectivity index (χ0) is 23.8. The fourth-order valence-corrected chi connectivity index (χ4v) is 5.20. The predicted octanol–water partition coefficient (Wildman–Crippen LogP) is 6.56. The van der Waals surface area contributed by atoms with E-state index in [9.17, 15) is 9.18 Å². The van der Waals surface area contributed by atoms with E-state index in [0.717, 1.165) is 44.3 Å². The van der Waals surface area contributed by atoms with Crippen molar-refractivity contribution in [2.75, 3.05) is 6.61 Å². The molecule has 0 bridgehead atoms. The third-order valence-corrected chi connectivity index (χ3v) is 7.05. The number of hydrogen-bond acceptors (Lipinski definition) is 3. The Hall–Kier alpha value is -2.98. The highest BCUT2D eigenvalue weighted by molar-refractivity contribution is 5.77. The number of nitrogens with zero attached hydrogens (tertiary/aromatic N) is 1. The Morgan fingerprint density at radius 1 is 0.853 bits per heavy atom. The first-order valence-corrected chi connectivity index (χ1v) is 12.3. The molecule has 3 aromatic rings. The lowest BCUT2D eigenvalue weighted by atomic mass is 9.68. The van der Waals surface area contributed by atoms with Crippen LogP contribution in [0.3, 0.4) is 0 Å². The van der Waals surface area contributed by atoms with Gasteiger partial charge in [-0.05, 0) is 67.9 Å². The Balaban J connectivity index is 1.52.